The second-order valence-corrected chi connectivity index (χ2v) is 4.78. The summed E-state index contributed by atoms with van der Waals surface area (Å²) >= 11 is 0. The molecule has 100 valence electrons. The fourth-order valence-corrected chi connectivity index (χ4v) is 2.38. The Bertz CT molecular complexity index is 409. The van der Waals surface area contributed by atoms with E-state index < -0.39 is 0 Å². The first-order valence-corrected chi connectivity index (χ1v) is 6.47. The van der Waals surface area contributed by atoms with Gasteiger partial charge in [-0.2, -0.15) is 0 Å². The maximum absolute atomic E-state index is 6.10. The normalized spacial score (nSPS) is 24.1. The third-order valence-electron chi connectivity index (χ3n) is 3.49. The number of rotatable bonds is 3. The van der Waals surface area contributed by atoms with E-state index in [0.29, 0.717) is 6.04 Å². The Balaban J connectivity index is 2.32. The molecule has 1 heterocycles. The van der Waals surface area contributed by atoms with Gasteiger partial charge >= 0.3 is 0 Å². The molecule has 2 unspecified atom stereocenters. The van der Waals surface area contributed by atoms with Gasteiger partial charge in [-0.05, 0) is 25.5 Å². The molecule has 4 nitrogen and oxygen atoms in total. The van der Waals surface area contributed by atoms with E-state index in [2.05, 4.69) is 18.7 Å². The van der Waals surface area contributed by atoms with Gasteiger partial charge in [0.2, 0.25) is 0 Å². The molecule has 2 atom stereocenters. The topological polar surface area (TPSA) is 47.7 Å². The van der Waals surface area contributed by atoms with Crippen molar-refractivity contribution in [1.82, 2.24) is 0 Å². The second-order valence-electron chi connectivity index (χ2n) is 4.78. The zero-order valence-electron chi connectivity index (χ0n) is 11.3. The van der Waals surface area contributed by atoms with Crippen LogP contribution < -0.4 is 15.4 Å². The molecule has 0 amide bonds. The first-order valence-electron chi connectivity index (χ1n) is 6.47. The first-order chi connectivity index (χ1) is 8.65. The SMILES string of the molecule is CCC1COC(C)CN1c1cc(OC)ccc1N. The van der Waals surface area contributed by atoms with Crippen molar-refractivity contribution in [2.24, 2.45) is 0 Å². The number of nitrogens with two attached hydrogens (primary N) is 1. The molecule has 4 heteroatoms. The fourth-order valence-electron chi connectivity index (χ4n) is 2.38. The van der Waals surface area contributed by atoms with Crippen LogP contribution in [0.25, 0.3) is 0 Å². The Morgan fingerprint density at radius 1 is 1.50 bits per heavy atom. The molecule has 1 aliphatic heterocycles. The van der Waals surface area contributed by atoms with Crippen molar-refractivity contribution < 1.29 is 9.47 Å². The van der Waals surface area contributed by atoms with Gasteiger partial charge in [0, 0.05) is 12.6 Å². The van der Waals surface area contributed by atoms with Crippen LogP contribution >= 0.6 is 0 Å². The highest BCUT2D eigenvalue weighted by molar-refractivity contribution is 5.70. The molecule has 1 aromatic rings. The highest BCUT2D eigenvalue weighted by Crippen LogP contribution is 2.32. The molecule has 1 aromatic carbocycles. The van der Waals surface area contributed by atoms with E-state index in [-0.39, 0.29) is 6.10 Å². The lowest BCUT2D eigenvalue weighted by Crippen LogP contribution is -2.48. The van der Waals surface area contributed by atoms with Crippen LogP contribution in [0.2, 0.25) is 0 Å². The van der Waals surface area contributed by atoms with Gasteiger partial charge in [-0.3, -0.25) is 0 Å². The first kappa shape index (κ1) is 13.0. The van der Waals surface area contributed by atoms with E-state index in [4.69, 9.17) is 15.2 Å². The van der Waals surface area contributed by atoms with Gasteiger partial charge in [0.15, 0.2) is 0 Å². The summed E-state index contributed by atoms with van der Waals surface area (Å²) in [7, 11) is 1.68. The molecule has 2 rings (SSSR count). The quantitative estimate of drug-likeness (QED) is 0.836. The zero-order valence-corrected chi connectivity index (χ0v) is 11.3. The van der Waals surface area contributed by atoms with Crippen LogP contribution in [0.1, 0.15) is 20.3 Å². The standard InChI is InChI=1S/C14H22N2O2/c1-4-11-9-18-10(2)8-16(11)14-7-12(17-3)5-6-13(14)15/h5-7,10-11H,4,8-9,15H2,1-3H3. The van der Waals surface area contributed by atoms with Crippen LogP contribution in [0, 0.1) is 0 Å². The lowest BCUT2D eigenvalue weighted by atomic mass is 10.1. The Morgan fingerprint density at radius 2 is 2.28 bits per heavy atom. The number of benzene rings is 1. The molecule has 0 aromatic heterocycles. The largest absolute Gasteiger partial charge is 0.497 e. The molecular weight excluding hydrogens is 228 g/mol. The summed E-state index contributed by atoms with van der Waals surface area (Å²) in [6, 6.07) is 6.19. The molecule has 0 saturated carbocycles. The van der Waals surface area contributed by atoms with Crippen molar-refractivity contribution in [1.29, 1.82) is 0 Å². The summed E-state index contributed by atoms with van der Waals surface area (Å²) in [6.45, 7) is 5.90. The van der Waals surface area contributed by atoms with Crippen LogP contribution in [-0.4, -0.2) is 32.4 Å². The van der Waals surface area contributed by atoms with E-state index in [1.54, 1.807) is 7.11 Å². The van der Waals surface area contributed by atoms with Crippen LogP contribution in [0.15, 0.2) is 18.2 Å². The number of nitrogens with zero attached hydrogens (tertiary/aromatic N) is 1. The predicted molar refractivity (Wildman–Crippen MR) is 74.2 cm³/mol. The van der Waals surface area contributed by atoms with Gasteiger partial charge in [-0.15, -0.1) is 0 Å². The molecule has 0 radical (unpaired) electrons. The highest BCUT2D eigenvalue weighted by Gasteiger charge is 2.27. The van der Waals surface area contributed by atoms with Crippen LogP contribution in [0.4, 0.5) is 11.4 Å². The number of anilines is 2. The molecular formula is C14H22N2O2. The maximum atomic E-state index is 6.10. The minimum absolute atomic E-state index is 0.235. The third-order valence-corrected chi connectivity index (χ3v) is 3.49. The van der Waals surface area contributed by atoms with Gasteiger partial charge < -0.3 is 20.1 Å². The van der Waals surface area contributed by atoms with E-state index in [1.807, 2.05) is 18.2 Å². The zero-order chi connectivity index (χ0) is 13.1. The smallest absolute Gasteiger partial charge is 0.121 e. The predicted octanol–water partition coefficient (Wildman–Crippen LogP) is 2.28. The van der Waals surface area contributed by atoms with Gasteiger partial charge in [-0.25, -0.2) is 0 Å². The summed E-state index contributed by atoms with van der Waals surface area (Å²) in [5, 5.41) is 0. The average molecular weight is 250 g/mol. The molecule has 0 spiro atoms. The Kier molecular flexibility index (Phi) is 3.97. The molecule has 18 heavy (non-hydrogen) atoms. The lowest BCUT2D eigenvalue weighted by Gasteiger charge is -2.40. The van der Waals surface area contributed by atoms with E-state index in [9.17, 15) is 0 Å². The van der Waals surface area contributed by atoms with E-state index >= 15 is 0 Å². The van der Waals surface area contributed by atoms with Crippen LogP contribution in [0.5, 0.6) is 5.75 Å². The van der Waals surface area contributed by atoms with Crippen molar-refractivity contribution in [2.75, 3.05) is 30.9 Å². The van der Waals surface area contributed by atoms with Crippen molar-refractivity contribution in [3.05, 3.63) is 18.2 Å². The van der Waals surface area contributed by atoms with Crippen LogP contribution in [0.3, 0.4) is 0 Å². The number of nitrogen functional groups attached to an aromatic ring is 1. The minimum atomic E-state index is 0.235. The third kappa shape index (κ3) is 2.53. The van der Waals surface area contributed by atoms with Gasteiger partial charge in [0.1, 0.15) is 5.75 Å². The average Bonchev–Trinajstić information content (AvgIpc) is 2.39. The summed E-state index contributed by atoms with van der Waals surface area (Å²) < 4.78 is 11.0. The van der Waals surface area contributed by atoms with Crippen molar-refractivity contribution in [2.45, 2.75) is 32.4 Å². The molecule has 1 saturated heterocycles. The number of hydrogen-bond donors (Lipinski definition) is 1. The van der Waals surface area contributed by atoms with Crippen molar-refractivity contribution in [3.63, 3.8) is 0 Å². The Hall–Kier alpha value is -1.42. The summed E-state index contributed by atoms with van der Waals surface area (Å²) in [5.41, 5.74) is 7.95. The van der Waals surface area contributed by atoms with E-state index in [1.165, 1.54) is 0 Å². The highest BCUT2D eigenvalue weighted by atomic mass is 16.5. The summed E-state index contributed by atoms with van der Waals surface area (Å²) in [4.78, 5) is 2.34. The molecule has 1 fully saturated rings. The fraction of sp³-hybridized carbons (Fsp3) is 0.571. The van der Waals surface area contributed by atoms with Gasteiger partial charge in [0.05, 0.1) is 37.2 Å². The van der Waals surface area contributed by atoms with Crippen molar-refractivity contribution in [3.8, 4) is 5.75 Å². The number of ether oxygens (including phenoxy) is 2. The monoisotopic (exact) mass is 250 g/mol. The number of methoxy groups -OCH3 is 1. The Morgan fingerprint density at radius 3 is 2.94 bits per heavy atom. The number of hydrogen-bond acceptors (Lipinski definition) is 4. The minimum Gasteiger partial charge on any atom is -0.497 e. The Labute approximate surface area is 109 Å². The lowest BCUT2D eigenvalue weighted by molar-refractivity contribution is 0.0300. The van der Waals surface area contributed by atoms with Gasteiger partial charge in [0.25, 0.3) is 0 Å². The number of morpholine rings is 1. The molecule has 0 bridgehead atoms. The maximum Gasteiger partial charge on any atom is 0.121 e. The summed E-state index contributed by atoms with van der Waals surface area (Å²) in [5.74, 6) is 0.841. The van der Waals surface area contributed by atoms with E-state index in [0.717, 1.165) is 36.7 Å². The van der Waals surface area contributed by atoms with Gasteiger partial charge in [-0.1, -0.05) is 6.92 Å². The van der Waals surface area contributed by atoms with Crippen molar-refractivity contribution >= 4 is 11.4 Å². The van der Waals surface area contributed by atoms with Crippen LogP contribution in [-0.2, 0) is 4.74 Å². The molecule has 1 aliphatic rings. The molecule has 0 aliphatic carbocycles. The second kappa shape index (κ2) is 5.48. The molecule has 2 N–H and O–H groups in total. The summed E-state index contributed by atoms with van der Waals surface area (Å²) in [6.07, 6.45) is 1.28.